The van der Waals surface area contributed by atoms with Gasteiger partial charge < -0.3 is 9.88 Å². The molecule has 1 N–H and O–H groups in total. The zero-order valence-corrected chi connectivity index (χ0v) is 18.1. The van der Waals surface area contributed by atoms with Gasteiger partial charge in [-0.15, -0.1) is 10.2 Å². The number of rotatable bonds is 5. The fourth-order valence-corrected chi connectivity index (χ4v) is 4.14. The van der Waals surface area contributed by atoms with E-state index in [-0.39, 0.29) is 11.2 Å². The van der Waals surface area contributed by atoms with E-state index < -0.39 is 0 Å². The molecule has 7 heteroatoms. The summed E-state index contributed by atoms with van der Waals surface area (Å²) in [5, 5.41) is 12.5. The first-order valence-electron chi connectivity index (χ1n) is 8.97. The minimum absolute atomic E-state index is 0.0673. The van der Waals surface area contributed by atoms with Gasteiger partial charge in [0.05, 0.1) is 10.3 Å². The maximum absolute atomic E-state index is 12.7. The predicted molar refractivity (Wildman–Crippen MR) is 116 cm³/mol. The van der Waals surface area contributed by atoms with Crippen molar-refractivity contribution in [1.82, 2.24) is 14.8 Å². The molecule has 3 rings (SSSR count). The van der Waals surface area contributed by atoms with Crippen LogP contribution < -0.4 is 5.32 Å². The van der Waals surface area contributed by atoms with Gasteiger partial charge in [0.1, 0.15) is 0 Å². The van der Waals surface area contributed by atoms with Gasteiger partial charge in [0.15, 0.2) is 11.0 Å². The number of hydrogen-bond donors (Lipinski definition) is 1. The third-order valence-electron chi connectivity index (χ3n) is 4.53. The van der Waals surface area contributed by atoms with Gasteiger partial charge in [0, 0.05) is 18.3 Å². The van der Waals surface area contributed by atoms with Crippen LogP contribution in [-0.4, -0.2) is 25.9 Å². The molecule has 0 bridgehead atoms. The molecule has 0 aliphatic heterocycles. The Morgan fingerprint density at radius 2 is 1.79 bits per heavy atom. The average Bonchev–Trinajstić information content (AvgIpc) is 2.98. The lowest BCUT2D eigenvalue weighted by Crippen LogP contribution is -2.23. The van der Waals surface area contributed by atoms with Gasteiger partial charge in [-0.2, -0.15) is 0 Å². The Morgan fingerprint density at radius 1 is 1.14 bits per heavy atom. The SMILES string of the molecule is Cc1cc(C)c(NC(=O)C(C)Sc2nnc(-c3ccccc3Cl)n2C)c(C)c1. The molecule has 0 saturated carbocycles. The van der Waals surface area contributed by atoms with Gasteiger partial charge in [-0.1, -0.05) is 53.2 Å². The third-order valence-corrected chi connectivity index (χ3v) is 5.99. The highest BCUT2D eigenvalue weighted by atomic mass is 35.5. The number of anilines is 1. The molecule has 146 valence electrons. The Balaban J connectivity index is 1.76. The van der Waals surface area contributed by atoms with Gasteiger partial charge >= 0.3 is 0 Å². The summed E-state index contributed by atoms with van der Waals surface area (Å²) in [5.74, 6) is 0.605. The van der Waals surface area contributed by atoms with E-state index in [1.54, 1.807) is 0 Å². The quantitative estimate of drug-likeness (QED) is 0.584. The summed E-state index contributed by atoms with van der Waals surface area (Å²) in [6.45, 7) is 7.93. The van der Waals surface area contributed by atoms with Crippen molar-refractivity contribution in [2.24, 2.45) is 7.05 Å². The molecule has 1 aromatic heterocycles. The molecular weight excluding hydrogens is 392 g/mol. The van der Waals surface area contributed by atoms with Gasteiger partial charge in [0.2, 0.25) is 5.91 Å². The zero-order chi connectivity index (χ0) is 20.4. The standard InChI is InChI=1S/C21H23ClN4OS/c1-12-10-13(2)18(14(3)11-12)23-20(27)15(4)28-21-25-24-19(26(21)5)16-8-6-7-9-17(16)22/h6-11,15H,1-5H3,(H,23,27). The summed E-state index contributed by atoms with van der Waals surface area (Å²) < 4.78 is 1.86. The minimum atomic E-state index is -0.331. The first-order valence-corrected chi connectivity index (χ1v) is 10.2. The number of hydrogen-bond acceptors (Lipinski definition) is 4. The number of carbonyl (C=O) groups is 1. The lowest BCUT2D eigenvalue weighted by atomic mass is 10.1. The van der Waals surface area contributed by atoms with E-state index in [4.69, 9.17) is 11.6 Å². The Labute approximate surface area is 174 Å². The summed E-state index contributed by atoms with van der Waals surface area (Å²) in [5.41, 5.74) is 4.99. The van der Waals surface area contributed by atoms with Crippen LogP contribution in [0.25, 0.3) is 11.4 Å². The first-order chi connectivity index (χ1) is 13.3. The molecule has 0 fully saturated rings. The van der Waals surface area contributed by atoms with Crippen molar-refractivity contribution in [3.8, 4) is 11.4 Å². The van der Waals surface area contributed by atoms with E-state index in [9.17, 15) is 4.79 Å². The monoisotopic (exact) mass is 414 g/mol. The van der Waals surface area contributed by atoms with Crippen molar-refractivity contribution in [3.05, 3.63) is 58.1 Å². The highest BCUT2D eigenvalue weighted by Crippen LogP contribution is 2.30. The highest BCUT2D eigenvalue weighted by molar-refractivity contribution is 8.00. The number of halogens is 1. The van der Waals surface area contributed by atoms with E-state index in [1.165, 1.54) is 17.3 Å². The average molecular weight is 415 g/mol. The molecule has 28 heavy (non-hydrogen) atoms. The molecule has 3 aromatic rings. The molecule has 0 aliphatic rings. The van der Waals surface area contributed by atoms with Crippen molar-refractivity contribution >= 4 is 35.0 Å². The number of nitrogens with zero attached hydrogens (tertiary/aromatic N) is 3. The Kier molecular flexibility index (Phi) is 6.10. The Morgan fingerprint density at radius 3 is 2.43 bits per heavy atom. The van der Waals surface area contributed by atoms with Crippen LogP contribution in [0.15, 0.2) is 41.6 Å². The second kappa shape index (κ2) is 8.37. The molecular formula is C21H23ClN4OS. The summed E-state index contributed by atoms with van der Waals surface area (Å²) >= 11 is 7.64. The van der Waals surface area contributed by atoms with Crippen molar-refractivity contribution in [2.45, 2.75) is 38.1 Å². The van der Waals surface area contributed by atoms with Crippen molar-refractivity contribution in [1.29, 1.82) is 0 Å². The maximum atomic E-state index is 12.7. The predicted octanol–water partition coefficient (Wildman–Crippen LogP) is 5.18. The van der Waals surface area contributed by atoms with Crippen LogP contribution in [0.4, 0.5) is 5.69 Å². The number of aryl methyl sites for hydroxylation is 3. The third kappa shape index (κ3) is 4.23. The summed E-state index contributed by atoms with van der Waals surface area (Å²) in [6, 6.07) is 11.6. The molecule has 1 unspecified atom stereocenters. The molecule has 5 nitrogen and oxygen atoms in total. The smallest absolute Gasteiger partial charge is 0.237 e. The van der Waals surface area contributed by atoms with Crippen LogP contribution >= 0.6 is 23.4 Å². The number of benzene rings is 2. The molecule has 0 spiro atoms. The van der Waals surface area contributed by atoms with Gasteiger partial charge in [-0.05, 0) is 51.0 Å². The molecule has 0 saturated heterocycles. The maximum Gasteiger partial charge on any atom is 0.237 e. The Hall–Kier alpha value is -2.31. The normalized spacial score (nSPS) is 12.1. The summed E-state index contributed by atoms with van der Waals surface area (Å²) in [6.07, 6.45) is 0. The zero-order valence-electron chi connectivity index (χ0n) is 16.6. The molecule has 1 atom stereocenters. The van der Waals surface area contributed by atoms with E-state index in [0.29, 0.717) is 16.0 Å². The van der Waals surface area contributed by atoms with Crippen LogP contribution in [0.3, 0.4) is 0 Å². The van der Waals surface area contributed by atoms with Crippen LogP contribution in [0.5, 0.6) is 0 Å². The van der Waals surface area contributed by atoms with Gasteiger partial charge in [0.25, 0.3) is 0 Å². The second-order valence-electron chi connectivity index (χ2n) is 6.87. The van der Waals surface area contributed by atoms with Crippen LogP contribution in [0.1, 0.15) is 23.6 Å². The van der Waals surface area contributed by atoms with Crippen molar-refractivity contribution in [2.75, 3.05) is 5.32 Å². The number of nitrogens with one attached hydrogen (secondary N) is 1. The van der Waals surface area contributed by atoms with Crippen molar-refractivity contribution in [3.63, 3.8) is 0 Å². The van der Waals surface area contributed by atoms with E-state index in [1.807, 2.05) is 56.7 Å². The fourth-order valence-electron chi connectivity index (χ4n) is 3.11. The number of amides is 1. The second-order valence-corrected chi connectivity index (χ2v) is 8.58. The highest BCUT2D eigenvalue weighted by Gasteiger charge is 2.21. The lowest BCUT2D eigenvalue weighted by Gasteiger charge is -2.16. The van der Waals surface area contributed by atoms with Gasteiger partial charge in [-0.3, -0.25) is 4.79 Å². The van der Waals surface area contributed by atoms with Crippen LogP contribution in [0, 0.1) is 20.8 Å². The largest absolute Gasteiger partial charge is 0.325 e. The topological polar surface area (TPSA) is 59.8 Å². The number of carbonyl (C=O) groups excluding carboxylic acids is 1. The van der Waals surface area contributed by atoms with E-state index in [2.05, 4.69) is 34.6 Å². The fraction of sp³-hybridized carbons (Fsp3) is 0.286. The lowest BCUT2D eigenvalue weighted by molar-refractivity contribution is -0.115. The molecule has 0 radical (unpaired) electrons. The van der Waals surface area contributed by atoms with Gasteiger partial charge in [-0.25, -0.2) is 0 Å². The summed E-state index contributed by atoms with van der Waals surface area (Å²) in [7, 11) is 1.87. The molecule has 1 amide bonds. The van der Waals surface area contributed by atoms with Crippen LogP contribution in [-0.2, 0) is 11.8 Å². The minimum Gasteiger partial charge on any atom is -0.325 e. The van der Waals surface area contributed by atoms with E-state index >= 15 is 0 Å². The van der Waals surface area contributed by atoms with Crippen molar-refractivity contribution < 1.29 is 4.79 Å². The molecule has 2 aromatic carbocycles. The first kappa shape index (κ1) is 20.4. The number of thioether (sulfide) groups is 1. The Bertz CT molecular complexity index is 1010. The molecule has 0 aliphatic carbocycles. The van der Waals surface area contributed by atoms with E-state index in [0.717, 1.165) is 22.4 Å². The molecule has 1 heterocycles. The number of aromatic nitrogens is 3. The summed E-state index contributed by atoms with van der Waals surface area (Å²) in [4.78, 5) is 12.7. The van der Waals surface area contributed by atoms with Crippen LogP contribution in [0.2, 0.25) is 5.02 Å².